The smallest absolute Gasteiger partial charge is 0.227 e. The second kappa shape index (κ2) is 18.4. The van der Waals surface area contributed by atoms with E-state index < -0.39 is 144 Å². The van der Waals surface area contributed by atoms with Crippen LogP contribution in [0.2, 0.25) is 0 Å². The summed E-state index contributed by atoms with van der Waals surface area (Å²) < 4.78 is 296. The molecule has 1 heterocycles. The quantitative estimate of drug-likeness (QED) is 0.0371. The molecule has 0 unspecified atom stereocenters. The molecule has 0 amide bonds. The Morgan fingerprint density at radius 2 is 0.687 bits per heavy atom. The fourth-order valence-corrected chi connectivity index (χ4v) is 7.53. The zero-order valence-corrected chi connectivity index (χ0v) is 33.1. The van der Waals surface area contributed by atoms with Crippen molar-refractivity contribution in [2.45, 2.75) is 26.3 Å². The number of ketones is 1. The Morgan fingerprint density at radius 1 is 0.403 bits per heavy atom. The first kappa shape index (κ1) is 49.5. The van der Waals surface area contributed by atoms with Gasteiger partial charge >= 0.3 is 0 Å². The Bertz CT molecular complexity index is 2770. The molecule has 7 aromatic rings. The normalized spacial score (nSPS) is 11.7. The van der Waals surface area contributed by atoms with Gasteiger partial charge in [0.2, 0.25) is 17.8 Å². The Kier molecular flexibility index (Phi) is 13.6. The average Bonchev–Trinajstić information content (AvgIpc) is 3.31. The fourth-order valence-electron chi connectivity index (χ4n) is 7.53. The van der Waals surface area contributed by atoms with Crippen LogP contribution in [-0.4, -0.2) is 11.9 Å². The number of Topliss-reactive ketones (excluding diaryl/α,β-unsaturated/α-hetero) is 1. The van der Waals surface area contributed by atoms with Crippen molar-refractivity contribution >= 4 is 44.7 Å². The molecule has 0 radical (unpaired) electrons. The van der Waals surface area contributed by atoms with Crippen LogP contribution in [0.4, 0.5) is 87.8 Å². The maximum atomic E-state index is 15.4. The monoisotopic (exact) mass is 969 g/mol. The first-order valence-electron chi connectivity index (χ1n) is 18.6. The van der Waals surface area contributed by atoms with Crippen molar-refractivity contribution < 1.29 is 97.2 Å². The van der Waals surface area contributed by atoms with Crippen LogP contribution in [0.25, 0.3) is 10.9 Å². The lowest BCUT2D eigenvalue weighted by molar-refractivity contribution is -0.657. The van der Waals surface area contributed by atoms with Gasteiger partial charge in [0.15, 0.2) is 76.0 Å². The summed E-state index contributed by atoms with van der Waals surface area (Å²) in [6.45, 7) is 4.67. The molecule has 7 rings (SSSR count). The van der Waals surface area contributed by atoms with Gasteiger partial charge in [0.1, 0.15) is 52.7 Å². The fraction of sp³-hybridized carbons (Fsp3) is 0.0909. The molecule has 0 aliphatic carbocycles. The van der Waals surface area contributed by atoms with Crippen LogP contribution in [0.15, 0.2) is 66.9 Å². The Balaban J connectivity index is 0.000000279. The maximum absolute atomic E-state index is 15.4. The van der Waals surface area contributed by atoms with Crippen molar-refractivity contribution in [3.63, 3.8) is 0 Å². The second-order valence-electron chi connectivity index (χ2n) is 14.7. The van der Waals surface area contributed by atoms with E-state index in [1.165, 1.54) is 5.56 Å². The summed E-state index contributed by atoms with van der Waals surface area (Å²) in [5.41, 5.74) is -11.2. The molecule has 0 aliphatic rings. The minimum Gasteiger partial charge on any atom is -0.287 e. The van der Waals surface area contributed by atoms with Crippen LogP contribution in [0.5, 0.6) is 0 Å². The minimum absolute atomic E-state index is 0.136. The van der Waals surface area contributed by atoms with Crippen molar-refractivity contribution in [1.82, 2.24) is 0 Å². The predicted molar refractivity (Wildman–Crippen MR) is 198 cm³/mol. The molecule has 350 valence electrons. The average molecular weight is 969 g/mol. The highest BCUT2D eigenvalue weighted by atomic mass is 19.2. The van der Waals surface area contributed by atoms with E-state index in [1.807, 2.05) is 59.3 Å². The summed E-state index contributed by atoms with van der Waals surface area (Å²) in [7, 11) is 0. The number of pyridine rings is 1. The standard InChI is InChI=1S/C24BF20.C20H20NO/c26-5-1(6(27)14(35)21(42)13(5)34)25(2-7(28)15(36)22(43)16(37)8(2)29,3-9(30)17(38)23(44)18(39)10(3)31)4-11(32)19(40)24(45)20(41)12(4)33;1-15(2)16-9-11-18(12-10-16)20(22)14-21-13-5-7-17-6-3-4-8-19(17)21/h;3-13,15H,14H2,1-2H3/q-1;+1. The van der Waals surface area contributed by atoms with E-state index in [-0.39, 0.29) is 5.78 Å². The molecule has 6 aromatic carbocycles. The molecule has 0 bridgehead atoms. The highest BCUT2D eigenvalue weighted by molar-refractivity contribution is 7.20. The molecular weight excluding hydrogens is 949 g/mol. The van der Waals surface area contributed by atoms with Crippen molar-refractivity contribution in [3.8, 4) is 0 Å². The molecule has 67 heavy (non-hydrogen) atoms. The summed E-state index contributed by atoms with van der Waals surface area (Å²) >= 11 is 0. The first-order valence-corrected chi connectivity index (χ1v) is 18.6. The van der Waals surface area contributed by atoms with E-state index in [0.717, 1.165) is 16.5 Å². The Morgan fingerprint density at radius 3 is 1.00 bits per heavy atom. The number of fused-ring (bicyclic) bond motifs is 1. The third-order valence-corrected chi connectivity index (χ3v) is 10.7. The van der Waals surface area contributed by atoms with Gasteiger partial charge in [-0.1, -0.05) is 50.2 Å². The van der Waals surface area contributed by atoms with Crippen molar-refractivity contribution in [2.24, 2.45) is 0 Å². The zero-order valence-electron chi connectivity index (χ0n) is 33.1. The van der Waals surface area contributed by atoms with Crippen molar-refractivity contribution in [2.75, 3.05) is 0 Å². The van der Waals surface area contributed by atoms with Gasteiger partial charge in [-0.25, -0.2) is 87.8 Å². The third-order valence-electron chi connectivity index (χ3n) is 10.7. The van der Waals surface area contributed by atoms with E-state index in [1.54, 1.807) is 0 Å². The van der Waals surface area contributed by atoms with Gasteiger partial charge in [0.05, 0.1) is 0 Å². The van der Waals surface area contributed by atoms with Crippen LogP contribution in [0.3, 0.4) is 0 Å². The molecule has 0 spiro atoms. The number of para-hydroxylation sites is 1. The summed E-state index contributed by atoms with van der Waals surface area (Å²) in [4.78, 5) is 12.5. The van der Waals surface area contributed by atoms with Gasteiger partial charge in [0, 0.05) is 23.1 Å². The van der Waals surface area contributed by atoms with Gasteiger partial charge in [0.25, 0.3) is 0 Å². The van der Waals surface area contributed by atoms with Crippen LogP contribution < -0.4 is 26.4 Å². The van der Waals surface area contributed by atoms with Crippen molar-refractivity contribution in [1.29, 1.82) is 0 Å². The number of hydrogen-bond donors (Lipinski definition) is 0. The first-order chi connectivity index (χ1) is 31.3. The topological polar surface area (TPSA) is 20.9 Å². The zero-order chi connectivity index (χ0) is 49.9. The van der Waals surface area contributed by atoms with Gasteiger partial charge in [-0.2, -0.15) is 4.57 Å². The van der Waals surface area contributed by atoms with Crippen LogP contribution in [-0.2, 0) is 6.54 Å². The minimum atomic E-state index is -7.22. The summed E-state index contributed by atoms with van der Waals surface area (Å²) in [5, 5.41) is 1.15. The second-order valence-corrected chi connectivity index (χ2v) is 14.7. The number of carbonyl (C=O) groups excluding carboxylic acids is 1. The molecule has 23 heteroatoms. The number of nitrogens with zero attached hydrogens (tertiary/aromatic N) is 1. The van der Waals surface area contributed by atoms with Crippen LogP contribution in [0.1, 0.15) is 35.7 Å². The molecule has 1 aromatic heterocycles. The van der Waals surface area contributed by atoms with Crippen molar-refractivity contribution in [3.05, 3.63) is 194 Å². The molecule has 0 fully saturated rings. The number of aromatic nitrogens is 1. The molecular formula is C44H20BF20NO. The van der Waals surface area contributed by atoms with Crippen LogP contribution >= 0.6 is 0 Å². The highest BCUT2D eigenvalue weighted by Gasteiger charge is 2.52. The van der Waals surface area contributed by atoms with E-state index in [0.29, 0.717) is 12.5 Å². The summed E-state index contributed by atoms with van der Waals surface area (Å²) in [6.07, 6.45) is -5.26. The lowest BCUT2D eigenvalue weighted by atomic mass is 9.12. The Labute approximate surface area is 362 Å². The maximum Gasteiger partial charge on any atom is 0.227 e. The number of benzene rings is 6. The SMILES string of the molecule is CC(C)c1ccc(C(=O)C[n+]2cccc3ccccc32)cc1.Fc1c(F)c(F)c([B-](c2c(F)c(F)c(F)c(F)c2F)(c2c(F)c(F)c(F)c(F)c2F)c2c(F)c(F)c(F)c(F)c2F)c(F)c1F. The molecule has 0 atom stereocenters. The van der Waals surface area contributed by atoms with E-state index in [2.05, 4.69) is 26.0 Å². The molecule has 0 N–H and O–H groups in total. The van der Waals surface area contributed by atoms with E-state index in [9.17, 15) is 57.5 Å². The largest absolute Gasteiger partial charge is 0.287 e. The summed E-state index contributed by atoms with van der Waals surface area (Å²) in [5.74, 6) is -70.8. The van der Waals surface area contributed by atoms with Gasteiger partial charge < -0.3 is 0 Å². The molecule has 0 saturated heterocycles. The van der Waals surface area contributed by atoms with E-state index in [4.69, 9.17) is 0 Å². The van der Waals surface area contributed by atoms with Crippen LogP contribution in [0, 0.1) is 116 Å². The Hall–Kier alpha value is -6.94. The van der Waals surface area contributed by atoms with Gasteiger partial charge in [-0.05, 0) is 23.6 Å². The highest BCUT2D eigenvalue weighted by Crippen LogP contribution is 2.31. The number of hydrogen-bond acceptors (Lipinski definition) is 1. The molecule has 2 nitrogen and oxygen atoms in total. The lowest BCUT2D eigenvalue weighted by Gasteiger charge is -2.44. The molecule has 0 aliphatic heterocycles. The van der Waals surface area contributed by atoms with Gasteiger partial charge in [-0.15, -0.1) is 21.9 Å². The lowest BCUT2D eigenvalue weighted by Crippen LogP contribution is -2.81. The van der Waals surface area contributed by atoms with E-state index >= 15 is 35.1 Å². The van der Waals surface area contributed by atoms with Gasteiger partial charge in [-0.3, -0.25) is 4.79 Å². The summed E-state index contributed by atoms with van der Waals surface area (Å²) in [6, 6.07) is 20.1. The predicted octanol–water partition coefficient (Wildman–Crippen LogP) is 9.98. The number of carbonyl (C=O) groups is 1. The number of halogens is 20. The molecule has 0 saturated carbocycles. The number of rotatable bonds is 8. The third kappa shape index (κ3) is 7.90.